The van der Waals surface area contributed by atoms with Crippen LogP contribution in [0.15, 0.2) is 246 Å². The Labute approximate surface area is 878 Å². The molecule has 5 aliphatic rings. The van der Waals surface area contributed by atoms with E-state index in [1.54, 1.807) is 48.5 Å². The Hall–Kier alpha value is -8.51. The van der Waals surface area contributed by atoms with Crippen molar-refractivity contribution >= 4 is 195 Å². The van der Waals surface area contributed by atoms with Crippen LogP contribution >= 0.6 is 117 Å². The number of non-ortho nitro benzene ring substituents is 5. The normalized spacial score (nSPS) is 16.3. The van der Waals surface area contributed by atoms with E-state index in [2.05, 4.69) is 28.5 Å². The summed E-state index contributed by atoms with van der Waals surface area (Å²) in [5.41, 5.74) is 2.83. The number of ether oxygens (including phenoxy) is 1. The van der Waals surface area contributed by atoms with E-state index in [1.165, 1.54) is 124 Å². The van der Waals surface area contributed by atoms with Gasteiger partial charge in [0.1, 0.15) is 36.0 Å². The molecule has 0 saturated carbocycles. The SMILES string of the molecule is CN1CCCN(S(=O)(=O)c2cc([N+](=O)[O-])ccc2Sc2cc(Cl)ccc2Cl)CC1.CN1CCN(S(=O)(=O)c2cc([N+](=O)[O-])ccc2Oc2cc(Cl)ccc2Cl)CC1.CN1CCN(S(=O)(=O)c2cc([N+](=O)[O-])ccc2Sc2cc(Cl)ccc2Cl)CC1.Cc1ccc(C)c(Sc2ccc([N+](=O)[O-])cc2S(=O)(=O)N2CCN(C(C)C)CC2)c1.Cc1ccc(C)c(Sc2ccc([N+](=O)[O-])cc2S(=O)(=O)N2CCN(C)CC2)c1. The van der Waals surface area contributed by atoms with Crippen molar-refractivity contribution in [1.29, 1.82) is 0 Å². The third-order valence-electron chi connectivity index (χ3n) is 23.3. The zero-order valence-electron chi connectivity index (χ0n) is 79.0. The standard InChI is InChI=1S/C21H27N3O4S2.C19H23N3O4S2.C18H19Cl2N3O4S2.C17H17Cl2N3O5S.C17H17Cl2N3O4S2/c1-15(2)22-9-11-23(12-10-22)30(27,28)21-14-18(24(25)26)7-8-19(21)29-20-13-16(3)5-6-17(20)4;1-14-4-5-15(2)18(12-14)27-17-7-6-16(22(23)24)13-19(17)28(25,26)21-10-8-20(3)9-11-21;1-21-7-2-8-22(10-9-21)29(26,27)18-12-14(23(24)25)4-6-16(18)28-17-11-13(19)3-5-15(17)20;2*1-20-6-8-21(9-7-20)28(25,26)17-11-13(22(23)24)3-5-15(17)27-16-10-12(18)2-4-14(16)19/h5-8,13-15H,9-12H2,1-4H3;4-7,12-13H,8-11H2,1-3H3;3-6,11-12H,2,7-10H2,1H3;2*2-5,10-11H,6-9H2,1H3. The largest absolute Gasteiger partial charge is 0.454 e. The zero-order chi connectivity index (χ0) is 105. The minimum absolute atomic E-state index is 0.000558. The number of nitro groups is 5. The van der Waals surface area contributed by atoms with Crippen LogP contribution in [-0.4, -0.2) is 278 Å². The highest BCUT2D eigenvalue weighted by Gasteiger charge is 2.39. The van der Waals surface area contributed by atoms with Gasteiger partial charge in [0.2, 0.25) is 50.1 Å². The number of hydrogen-bond acceptors (Lipinski definition) is 30. The third-order valence-corrected chi connectivity index (χ3v) is 40.1. The maximum Gasteiger partial charge on any atom is 0.271 e. The van der Waals surface area contributed by atoms with Crippen LogP contribution in [0, 0.1) is 78.3 Å². The molecule has 51 heteroatoms. The smallest absolute Gasteiger partial charge is 0.271 e. The van der Waals surface area contributed by atoms with E-state index in [1.807, 2.05) is 102 Å². The summed E-state index contributed by atoms with van der Waals surface area (Å²) in [5.74, 6) is 0.0894. The van der Waals surface area contributed by atoms with Gasteiger partial charge >= 0.3 is 0 Å². The molecule has 10 aromatic carbocycles. The molecule has 0 amide bonds. The van der Waals surface area contributed by atoms with Crippen LogP contribution < -0.4 is 4.74 Å². The van der Waals surface area contributed by atoms with Crippen LogP contribution in [0.1, 0.15) is 42.5 Å². The van der Waals surface area contributed by atoms with Gasteiger partial charge in [0.25, 0.3) is 28.4 Å². The predicted octanol–water partition coefficient (Wildman–Crippen LogP) is 19.4. The number of likely N-dealkylation sites (N-methyl/N-ethyl adjacent to an activating group) is 4. The van der Waals surface area contributed by atoms with E-state index in [-0.39, 0.29) is 82.5 Å². The van der Waals surface area contributed by atoms with Crippen molar-refractivity contribution in [2.45, 2.75) is 118 Å². The Balaban J connectivity index is 0.000000171. The number of nitro benzene ring substituents is 5. The fourth-order valence-corrected chi connectivity index (χ4v) is 29.3. The number of rotatable bonds is 26. The Bertz CT molecular complexity index is 6630. The van der Waals surface area contributed by atoms with Gasteiger partial charge in [-0.05, 0) is 196 Å². The monoisotopic (exact) mass is 2250 g/mol. The van der Waals surface area contributed by atoms with Crippen LogP contribution in [0.2, 0.25) is 30.1 Å². The first-order valence-electron chi connectivity index (χ1n) is 44.1. The molecule has 5 aliphatic heterocycles. The molecule has 0 spiro atoms. The van der Waals surface area contributed by atoms with E-state index >= 15 is 0 Å². The second-order valence-electron chi connectivity index (χ2n) is 33.9. The lowest BCUT2D eigenvalue weighted by molar-refractivity contribution is -0.385. The number of hydrogen-bond donors (Lipinski definition) is 0. The van der Waals surface area contributed by atoms with Gasteiger partial charge in [0, 0.05) is 251 Å². The molecular formula is C92H103Cl6N15O21S9. The summed E-state index contributed by atoms with van der Waals surface area (Å²) < 4.78 is 146. The molecule has 0 unspecified atom stereocenters. The molecular weight excluding hydrogens is 2150 g/mol. The molecule has 36 nitrogen and oxygen atoms in total. The number of sulfonamides is 5. The lowest BCUT2D eigenvalue weighted by atomic mass is 10.2. The number of piperazine rings is 4. The highest BCUT2D eigenvalue weighted by Crippen LogP contribution is 2.46. The first-order chi connectivity index (χ1) is 67.3. The number of aryl methyl sites for hydroxylation is 4. The first kappa shape index (κ1) is 115. The van der Waals surface area contributed by atoms with E-state index in [9.17, 15) is 92.7 Å². The number of benzene rings is 10. The maximum atomic E-state index is 13.5. The van der Waals surface area contributed by atoms with Crippen LogP contribution in [-0.2, 0) is 50.1 Å². The Morgan fingerprint density at radius 3 is 0.860 bits per heavy atom. The van der Waals surface area contributed by atoms with Gasteiger partial charge in [-0.25, -0.2) is 42.1 Å². The molecule has 5 heterocycles. The van der Waals surface area contributed by atoms with Crippen LogP contribution in [0.3, 0.4) is 0 Å². The number of halogens is 6. The average molecular weight is 2260 g/mol. The second kappa shape index (κ2) is 50.5. The summed E-state index contributed by atoms with van der Waals surface area (Å²) >= 11 is 41.4. The van der Waals surface area contributed by atoms with Crippen molar-refractivity contribution < 1.29 is 71.4 Å². The molecule has 768 valence electrons. The molecule has 10 aromatic rings. The molecule has 0 atom stereocenters. The van der Waals surface area contributed by atoms with Gasteiger partial charge in [-0.1, -0.05) is 141 Å². The molecule has 0 aliphatic carbocycles. The van der Waals surface area contributed by atoms with Crippen molar-refractivity contribution in [1.82, 2.24) is 46.0 Å². The molecule has 15 rings (SSSR count). The minimum Gasteiger partial charge on any atom is -0.454 e. The summed E-state index contributed by atoms with van der Waals surface area (Å²) in [6, 6.07) is 45.9. The Morgan fingerprint density at radius 2 is 0.545 bits per heavy atom. The lowest BCUT2D eigenvalue weighted by Gasteiger charge is -2.36. The zero-order valence-corrected chi connectivity index (χ0v) is 90.9. The van der Waals surface area contributed by atoms with Crippen molar-refractivity contribution in [2.75, 3.05) is 159 Å². The van der Waals surface area contributed by atoms with Crippen molar-refractivity contribution in [3.8, 4) is 11.5 Å². The van der Waals surface area contributed by atoms with Crippen molar-refractivity contribution in [3.05, 3.63) is 285 Å². The summed E-state index contributed by atoms with van der Waals surface area (Å²) in [6.07, 6.45) is 0.688. The fourth-order valence-electron chi connectivity index (χ4n) is 14.9. The summed E-state index contributed by atoms with van der Waals surface area (Å²) in [6.45, 7) is 21.7. The maximum absolute atomic E-state index is 13.5. The van der Waals surface area contributed by atoms with Gasteiger partial charge in [0.05, 0.1) is 39.7 Å². The molecule has 5 saturated heterocycles. The third kappa shape index (κ3) is 30.2. The van der Waals surface area contributed by atoms with Crippen LogP contribution in [0.5, 0.6) is 11.5 Å². The molecule has 0 bridgehead atoms. The lowest BCUT2D eigenvalue weighted by Crippen LogP contribution is -2.50. The Morgan fingerprint density at radius 1 is 0.280 bits per heavy atom. The summed E-state index contributed by atoms with van der Waals surface area (Å²) in [4.78, 5) is 67.9. The molecule has 0 radical (unpaired) electrons. The van der Waals surface area contributed by atoms with Gasteiger partial charge in [-0.2, -0.15) is 21.5 Å². The summed E-state index contributed by atoms with van der Waals surface area (Å²) in [7, 11) is -11.9. The molecule has 143 heavy (non-hydrogen) atoms. The predicted molar refractivity (Wildman–Crippen MR) is 558 cm³/mol. The van der Waals surface area contributed by atoms with Gasteiger partial charge in [0.15, 0.2) is 0 Å². The topological polar surface area (TPSA) is 428 Å². The average Bonchev–Trinajstić information content (AvgIpc) is 1.14. The highest BCUT2D eigenvalue weighted by molar-refractivity contribution is 8.01. The van der Waals surface area contributed by atoms with Gasteiger partial charge in [-0.15, -0.1) is 0 Å². The fraction of sp³-hybridized carbons (Fsp3) is 0.348. The van der Waals surface area contributed by atoms with Crippen LogP contribution in [0.25, 0.3) is 0 Å². The van der Waals surface area contributed by atoms with E-state index < -0.39 is 74.7 Å². The van der Waals surface area contributed by atoms with Gasteiger partial charge in [-0.3, -0.25) is 55.5 Å². The Kier molecular flexibility index (Phi) is 40.5. The van der Waals surface area contributed by atoms with E-state index in [0.717, 1.165) is 80.3 Å². The molecule has 5 fully saturated rings. The van der Waals surface area contributed by atoms with Crippen molar-refractivity contribution in [3.63, 3.8) is 0 Å². The van der Waals surface area contributed by atoms with Crippen molar-refractivity contribution in [2.24, 2.45) is 0 Å². The quantitative estimate of drug-likeness (QED) is 0.0359. The molecule has 0 aromatic heterocycles. The minimum atomic E-state index is -4.01. The highest BCUT2D eigenvalue weighted by atomic mass is 35.5. The molecule has 0 N–H and O–H groups in total. The first-order valence-corrected chi connectivity index (χ1v) is 56.9. The van der Waals surface area contributed by atoms with E-state index in [4.69, 9.17) is 74.3 Å². The van der Waals surface area contributed by atoms with E-state index in [0.29, 0.717) is 178 Å². The van der Waals surface area contributed by atoms with Crippen LogP contribution in [0.4, 0.5) is 28.4 Å². The second-order valence-corrected chi connectivity index (χ2v) is 50.3. The van der Waals surface area contributed by atoms with Gasteiger partial charge < -0.3 is 24.3 Å². The number of nitrogens with zero attached hydrogens (tertiary/aromatic N) is 15. The summed E-state index contributed by atoms with van der Waals surface area (Å²) in [5, 5.41) is 58.6.